The molecule has 0 aromatic heterocycles. The Hall–Kier alpha value is -4.42. The van der Waals surface area contributed by atoms with Crippen molar-refractivity contribution >= 4 is 52.0 Å². The molecule has 5 rings (SSSR count). The van der Waals surface area contributed by atoms with Crippen molar-refractivity contribution in [2.24, 2.45) is 0 Å². The topological polar surface area (TPSA) is 75.7 Å². The fourth-order valence-corrected chi connectivity index (χ4v) is 4.48. The van der Waals surface area contributed by atoms with E-state index in [1.54, 1.807) is 30.3 Å². The summed E-state index contributed by atoms with van der Waals surface area (Å²) in [4.78, 5) is 39.9. The highest BCUT2D eigenvalue weighted by Crippen LogP contribution is 2.30. The minimum absolute atomic E-state index is 0.137. The van der Waals surface area contributed by atoms with Gasteiger partial charge in [0.15, 0.2) is 0 Å². The van der Waals surface area contributed by atoms with Gasteiger partial charge >= 0.3 is 6.03 Å². The molecule has 0 saturated carbocycles. The Balaban J connectivity index is 1.63. The predicted octanol–water partition coefficient (Wildman–Crippen LogP) is 5.76. The molecule has 0 spiro atoms. The minimum Gasteiger partial charge on any atom is -0.497 e. The average Bonchev–Trinajstić information content (AvgIpc) is 2.89. The molecule has 0 unspecified atom stereocenters. The zero-order chi connectivity index (χ0) is 25.2. The Bertz CT molecular complexity index is 1540. The first-order valence-corrected chi connectivity index (χ1v) is 11.6. The maximum Gasteiger partial charge on any atom is 0.335 e. The van der Waals surface area contributed by atoms with Gasteiger partial charge in [0.1, 0.15) is 11.3 Å². The zero-order valence-electron chi connectivity index (χ0n) is 19.3. The van der Waals surface area contributed by atoms with Gasteiger partial charge in [-0.05, 0) is 70.3 Å². The van der Waals surface area contributed by atoms with Crippen LogP contribution in [0.4, 0.5) is 10.5 Å². The molecule has 36 heavy (non-hydrogen) atoms. The molecule has 0 aliphatic carbocycles. The lowest BCUT2D eigenvalue weighted by Crippen LogP contribution is -2.54. The van der Waals surface area contributed by atoms with Crippen molar-refractivity contribution < 1.29 is 19.1 Å². The van der Waals surface area contributed by atoms with Crippen LogP contribution < -0.4 is 15.0 Å². The highest BCUT2D eigenvalue weighted by Gasteiger charge is 2.37. The number of hydrogen-bond donors (Lipinski definition) is 1. The second-order valence-electron chi connectivity index (χ2n) is 8.28. The minimum atomic E-state index is -0.804. The van der Waals surface area contributed by atoms with Crippen LogP contribution in [-0.2, 0) is 16.0 Å². The Kier molecular flexibility index (Phi) is 6.27. The SMILES string of the molecule is COc1ccc(N2C(=O)NC(=O)/C(=C\c3c(Cc4ccccc4Cl)ccc4ccccc34)C2=O)cc1. The number of benzene rings is 4. The van der Waals surface area contributed by atoms with E-state index in [1.165, 1.54) is 7.11 Å². The molecule has 178 valence electrons. The molecule has 1 fully saturated rings. The van der Waals surface area contributed by atoms with Crippen LogP contribution in [-0.4, -0.2) is 25.0 Å². The summed E-state index contributed by atoms with van der Waals surface area (Å²) in [6.45, 7) is 0. The van der Waals surface area contributed by atoms with Gasteiger partial charge < -0.3 is 4.74 Å². The molecule has 6 nitrogen and oxygen atoms in total. The van der Waals surface area contributed by atoms with Crippen LogP contribution in [0.25, 0.3) is 16.8 Å². The molecule has 7 heteroatoms. The van der Waals surface area contributed by atoms with Crippen molar-refractivity contribution in [1.82, 2.24) is 5.32 Å². The number of hydrogen-bond acceptors (Lipinski definition) is 4. The molecule has 0 radical (unpaired) electrons. The van der Waals surface area contributed by atoms with Gasteiger partial charge in [0.05, 0.1) is 12.8 Å². The molecule has 0 bridgehead atoms. The number of carbonyl (C=O) groups excluding carboxylic acids is 3. The van der Waals surface area contributed by atoms with Gasteiger partial charge in [-0.1, -0.05) is 66.2 Å². The second kappa shape index (κ2) is 9.68. The smallest absolute Gasteiger partial charge is 0.335 e. The van der Waals surface area contributed by atoms with E-state index < -0.39 is 17.8 Å². The Morgan fingerprint density at radius 3 is 2.33 bits per heavy atom. The maximum absolute atomic E-state index is 13.5. The van der Waals surface area contributed by atoms with E-state index in [1.807, 2.05) is 60.7 Å². The summed E-state index contributed by atoms with van der Waals surface area (Å²) in [5.41, 5.74) is 2.72. The second-order valence-corrected chi connectivity index (χ2v) is 8.69. The summed E-state index contributed by atoms with van der Waals surface area (Å²) >= 11 is 6.42. The van der Waals surface area contributed by atoms with Crippen molar-refractivity contribution in [3.05, 3.63) is 112 Å². The molecule has 0 atom stereocenters. The molecule has 1 heterocycles. The van der Waals surface area contributed by atoms with Crippen molar-refractivity contribution in [2.75, 3.05) is 12.0 Å². The molecule has 1 aliphatic heterocycles. The van der Waals surface area contributed by atoms with Gasteiger partial charge in [0.2, 0.25) is 0 Å². The van der Waals surface area contributed by atoms with Crippen LogP contribution in [0.15, 0.2) is 90.5 Å². The standard InChI is InChI=1S/C29H21ClN2O4/c1-36-22-14-12-21(13-15-22)32-28(34)25(27(33)31-29(32)35)17-24-19(16-20-7-3-5-9-26(20)30)11-10-18-6-2-4-8-23(18)24/h2-15,17H,16H2,1H3,(H,31,33,35)/b25-17+. The molecule has 1 aliphatic rings. The largest absolute Gasteiger partial charge is 0.497 e. The third-order valence-corrected chi connectivity index (χ3v) is 6.49. The van der Waals surface area contributed by atoms with Crippen molar-refractivity contribution in [2.45, 2.75) is 6.42 Å². The Morgan fingerprint density at radius 2 is 1.58 bits per heavy atom. The molecule has 4 amide bonds. The van der Waals surface area contributed by atoms with E-state index in [0.717, 1.165) is 32.4 Å². The number of carbonyl (C=O) groups is 3. The first kappa shape index (κ1) is 23.3. The highest BCUT2D eigenvalue weighted by atomic mass is 35.5. The summed E-state index contributed by atoms with van der Waals surface area (Å²) in [5.74, 6) is -0.868. The summed E-state index contributed by atoms with van der Waals surface area (Å²) in [6.07, 6.45) is 2.07. The average molecular weight is 497 g/mol. The summed E-state index contributed by atoms with van der Waals surface area (Å²) < 4.78 is 5.16. The molecule has 4 aromatic carbocycles. The van der Waals surface area contributed by atoms with E-state index in [2.05, 4.69) is 5.32 Å². The van der Waals surface area contributed by atoms with Crippen LogP contribution in [0.3, 0.4) is 0 Å². The summed E-state index contributed by atoms with van der Waals surface area (Å²) in [5, 5.41) is 4.76. The monoisotopic (exact) mass is 496 g/mol. The Labute approximate surface area is 212 Å². The number of amides is 4. The van der Waals surface area contributed by atoms with Crippen LogP contribution in [0.1, 0.15) is 16.7 Å². The number of barbiturate groups is 1. The van der Waals surface area contributed by atoms with E-state index in [-0.39, 0.29) is 5.57 Å². The highest BCUT2D eigenvalue weighted by molar-refractivity contribution is 6.39. The molecular weight excluding hydrogens is 476 g/mol. The fourth-order valence-electron chi connectivity index (χ4n) is 4.28. The fraction of sp³-hybridized carbons (Fsp3) is 0.0690. The molecule has 1 N–H and O–H groups in total. The Morgan fingerprint density at radius 1 is 0.861 bits per heavy atom. The van der Waals surface area contributed by atoms with E-state index in [0.29, 0.717) is 22.9 Å². The first-order valence-electron chi connectivity index (χ1n) is 11.3. The lowest BCUT2D eigenvalue weighted by molar-refractivity contribution is -0.122. The maximum atomic E-state index is 13.5. The lowest BCUT2D eigenvalue weighted by Gasteiger charge is -2.26. The molecule has 1 saturated heterocycles. The number of anilines is 1. The molecular formula is C29H21ClN2O4. The first-order chi connectivity index (χ1) is 17.5. The zero-order valence-corrected chi connectivity index (χ0v) is 20.1. The number of nitrogens with zero attached hydrogens (tertiary/aromatic N) is 1. The number of methoxy groups -OCH3 is 1. The van der Waals surface area contributed by atoms with Crippen molar-refractivity contribution in [1.29, 1.82) is 0 Å². The normalized spacial score (nSPS) is 14.9. The predicted molar refractivity (Wildman–Crippen MR) is 140 cm³/mol. The molecule has 4 aromatic rings. The quantitative estimate of drug-likeness (QED) is 0.281. The van der Waals surface area contributed by atoms with Crippen molar-refractivity contribution in [3.8, 4) is 5.75 Å². The number of rotatable bonds is 5. The van der Waals surface area contributed by atoms with Crippen LogP contribution in [0, 0.1) is 0 Å². The lowest BCUT2D eigenvalue weighted by atomic mass is 9.92. The third-order valence-electron chi connectivity index (χ3n) is 6.12. The van der Waals surface area contributed by atoms with Gasteiger partial charge in [-0.3, -0.25) is 14.9 Å². The van der Waals surface area contributed by atoms with Gasteiger partial charge in [-0.15, -0.1) is 0 Å². The number of nitrogens with one attached hydrogen (secondary N) is 1. The van der Waals surface area contributed by atoms with Gasteiger partial charge in [0, 0.05) is 5.02 Å². The van der Waals surface area contributed by atoms with Gasteiger partial charge in [-0.2, -0.15) is 0 Å². The van der Waals surface area contributed by atoms with E-state index >= 15 is 0 Å². The number of fused-ring (bicyclic) bond motifs is 1. The number of halogens is 1. The number of ether oxygens (including phenoxy) is 1. The number of imide groups is 2. The van der Waals surface area contributed by atoms with Gasteiger partial charge in [0.25, 0.3) is 11.8 Å². The number of urea groups is 1. The van der Waals surface area contributed by atoms with Crippen molar-refractivity contribution in [3.63, 3.8) is 0 Å². The van der Waals surface area contributed by atoms with E-state index in [4.69, 9.17) is 16.3 Å². The van der Waals surface area contributed by atoms with Crippen LogP contribution >= 0.6 is 11.6 Å². The van der Waals surface area contributed by atoms with Gasteiger partial charge in [-0.25, -0.2) is 9.69 Å². The summed E-state index contributed by atoms with van der Waals surface area (Å²) in [6, 6.07) is 24.9. The third kappa shape index (κ3) is 4.34. The van der Waals surface area contributed by atoms with E-state index in [9.17, 15) is 14.4 Å². The van der Waals surface area contributed by atoms with Crippen LogP contribution in [0.2, 0.25) is 5.02 Å². The van der Waals surface area contributed by atoms with Crippen LogP contribution in [0.5, 0.6) is 5.75 Å². The summed E-state index contributed by atoms with van der Waals surface area (Å²) in [7, 11) is 1.53.